The molecule has 0 spiro atoms. The van der Waals surface area contributed by atoms with Crippen molar-refractivity contribution in [3.63, 3.8) is 0 Å². The van der Waals surface area contributed by atoms with Crippen LogP contribution in [0.1, 0.15) is 26.2 Å². The van der Waals surface area contributed by atoms with E-state index in [1.54, 1.807) is 4.90 Å². The molecule has 0 saturated carbocycles. The van der Waals surface area contributed by atoms with E-state index in [0.29, 0.717) is 13.1 Å². The Morgan fingerprint density at radius 3 is 2.50 bits per heavy atom. The van der Waals surface area contributed by atoms with E-state index in [1.807, 2.05) is 0 Å². The lowest BCUT2D eigenvalue weighted by Crippen LogP contribution is -2.44. The van der Waals surface area contributed by atoms with Crippen LogP contribution in [0.3, 0.4) is 0 Å². The second-order valence-electron chi connectivity index (χ2n) is 5.03. The zero-order valence-electron chi connectivity index (χ0n) is 11.4. The molecule has 20 heavy (non-hydrogen) atoms. The van der Waals surface area contributed by atoms with Crippen molar-refractivity contribution in [2.24, 2.45) is 0 Å². The lowest BCUT2D eigenvalue weighted by Gasteiger charge is -2.29. The Kier molecular flexibility index (Phi) is 4.42. The Morgan fingerprint density at radius 1 is 1.25 bits per heavy atom. The Bertz CT molecular complexity index is 594. The highest BCUT2D eigenvalue weighted by Crippen LogP contribution is 2.20. The van der Waals surface area contributed by atoms with Crippen LogP contribution in [-0.2, 0) is 14.6 Å². The summed E-state index contributed by atoms with van der Waals surface area (Å²) in [4.78, 5) is 13.7. The minimum Gasteiger partial charge on any atom is -0.342 e. The molecular weight excluding hydrogens is 281 g/mol. The van der Waals surface area contributed by atoms with E-state index in [-0.39, 0.29) is 4.90 Å². The van der Waals surface area contributed by atoms with Gasteiger partial charge in [0, 0.05) is 13.1 Å². The molecule has 1 aliphatic heterocycles. The summed E-state index contributed by atoms with van der Waals surface area (Å²) >= 11 is 0. The van der Waals surface area contributed by atoms with Gasteiger partial charge in [-0.3, -0.25) is 4.79 Å². The number of sulfone groups is 1. The third-order valence-electron chi connectivity index (χ3n) is 3.61. The summed E-state index contributed by atoms with van der Waals surface area (Å²) in [6, 6.07) is 4.78. The van der Waals surface area contributed by atoms with Crippen molar-refractivity contribution in [1.29, 1.82) is 0 Å². The normalized spacial score (nSPS) is 17.8. The van der Waals surface area contributed by atoms with Gasteiger partial charge in [-0.2, -0.15) is 0 Å². The van der Waals surface area contributed by atoms with Gasteiger partial charge in [-0.15, -0.1) is 0 Å². The largest absolute Gasteiger partial charge is 0.342 e. The highest BCUT2D eigenvalue weighted by molar-refractivity contribution is 7.92. The van der Waals surface area contributed by atoms with Gasteiger partial charge in [0.15, 0.2) is 9.84 Å². The molecule has 0 aliphatic carbocycles. The van der Waals surface area contributed by atoms with Crippen LogP contribution in [0.15, 0.2) is 29.2 Å². The summed E-state index contributed by atoms with van der Waals surface area (Å²) in [6.07, 6.45) is 2.87. The molecule has 0 N–H and O–H groups in total. The molecule has 6 heteroatoms. The second kappa shape index (κ2) is 5.91. The average molecular weight is 299 g/mol. The minimum absolute atomic E-state index is 0.143. The number of rotatable bonds is 3. The molecule has 0 aromatic heterocycles. The van der Waals surface area contributed by atoms with Crippen LogP contribution in [0.5, 0.6) is 0 Å². The third-order valence-corrected chi connectivity index (χ3v) is 5.65. The summed E-state index contributed by atoms with van der Waals surface area (Å²) < 4.78 is 37.9. The van der Waals surface area contributed by atoms with Gasteiger partial charge in [-0.1, -0.05) is 6.07 Å². The van der Waals surface area contributed by atoms with E-state index in [9.17, 15) is 17.6 Å². The third kappa shape index (κ3) is 3.00. The van der Waals surface area contributed by atoms with Crippen molar-refractivity contribution < 1.29 is 17.6 Å². The smallest absolute Gasteiger partial charge is 0.241 e. The van der Waals surface area contributed by atoms with Gasteiger partial charge in [-0.05, 0) is 44.4 Å². The SMILES string of the molecule is CC(C(=O)N1CCCCC1)S(=O)(=O)c1cccc(F)c1. The van der Waals surface area contributed by atoms with Crippen LogP contribution in [-0.4, -0.2) is 37.6 Å². The first kappa shape index (κ1) is 15.0. The van der Waals surface area contributed by atoms with Crippen molar-refractivity contribution >= 4 is 15.7 Å². The Balaban J connectivity index is 2.22. The van der Waals surface area contributed by atoms with Crippen LogP contribution in [0.2, 0.25) is 0 Å². The first-order chi connectivity index (χ1) is 9.43. The first-order valence-electron chi connectivity index (χ1n) is 6.71. The van der Waals surface area contributed by atoms with Crippen molar-refractivity contribution in [2.75, 3.05) is 13.1 Å². The van der Waals surface area contributed by atoms with Crippen molar-refractivity contribution in [3.8, 4) is 0 Å². The Hall–Kier alpha value is -1.43. The van der Waals surface area contributed by atoms with E-state index in [1.165, 1.54) is 25.1 Å². The second-order valence-corrected chi connectivity index (χ2v) is 7.30. The number of carbonyl (C=O) groups excluding carboxylic acids is 1. The topological polar surface area (TPSA) is 54.5 Å². The lowest BCUT2D eigenvalue weighted by atomic mass is 10.1. The molecular formula is C14H18FNO3S. The van der Waals surface area contributed by atoms with Gasteiger partial charge in [0.2, 0.25) is 5.91 Å². The minimum atomic E-state index is -3.84. The quantitative estimate of drug-likeness (QED) is 0.858. The number of likely N-dealkylation sites (tertiary alicyclic amines) is 1. The predicted octanol–water partition coefficient (Wildman–Crippen LogP) is 2.00. The molecule has 1 aromatic carbocycles. The number of hydrogen-bond donors (Lipinski definition) is 0. The summed E-state index contributed by atoms with van der Waals surface area (Å²) in [5, 5.41) is -1.18. The van der Waals surface area contributed by atoms with Gasteiger partial charge < -0.3 is 4.90 Å². The highest BCUT2D eigenvalue weighted by Gasteiger charge is 2.33. The van der Waals surface area contributed by atoms with Crippen LogP contribution >= 0.6 is 0 Å². The average Bonchev–Trinajstić information content (AvgIpc) is 2.46. The molecule has 1 aromatic rings. The maximum atomic E-state index is 13.2. The van der Waals surface area contributed by atoms with Crippen LogP contribution in [0.25, 0.3) is 0 Å². The molecule has 1 fully saturated rings. The summed E-state index contributed by atoms with van der Waals surface area (Å²) in [5.74, 6) is -1.02. The standard InChI is InChI=1S/C14H18FNO3S/c1-11(14(17)16-8-3-2-4-9-16)20(18,19)13-7-5-6-12(15)10-13/h5-7,10-11H,2-4,8-9H2,1H3. The fourth-order valence-electron chi connectivity index (χ4n) is 2.35. The molecule has 2 rings (SSSR count). The highest BCUT2D eigenvalue weighted by atomic mass is 32.2. The van der Waals surface area contributed by atoms with Crippen LogP contribution < -0.4 is 0 Å². The number of hydrogen-bond acceptors (Lipinski definition) is 3. The number of carbonyl (C=O) groups is 1. The van der Waals surface area contributed by atoms with Crippen molar-refractivity contribution in [2.45, 2.75) is 36.3 Å². The van der Waals surface area contributed by atoms with E-state index < -0.39 is 26.8 Å². The van der Waals surface area contributed by atoms with E-state index in [2.05, 4.69) is 0 Å². The molecule has 1 aliphatic rings. The van der Waals surface area contributed by atoms with Gasteiger partial charge in [0.25, 0.3) is 0 Å². The Labute approximate surface area is 118 Å². The van der Waals surface area contributed by atoms with Crippen LogP contribution in [0, 0.1) is 5.82 Å². The zero-order valence-corrected chi connectivity index (χ0v) is 12.2. The monoisotopic (exact) mass is 299 g/mol. The summed E-state index contributed by atoms with van der Waals surface area (Å²) in [6.45, 7) is 2.57. The molecule has 1 heterocycles. The fraction of sp³-hybridized carbons (Fsp3) is 0.500. The van der Waals surface area contributed by atoms with Crippen molar-refractivity contribution in [3.05, 3.63) is 30.1 Å². The predicted molar refractivity (Wildman–Crippen MR) is 73.5 cm³/mol. The lowest BCUT2D eigenvalue weighted by molar-refractivity contribution is -0.131. The fourth-order valence-corrected chi connectivity index (χ4v) is 3.72. The van der Waals surface area contributed by atoms with E-state index >= 15 is 0 Å². The number of amides is 1. The summed E-state index contributed by atoms with van der Waals surface area (Å²) in [5.41, 5.74) is 0. The van der Waals surface area contributed by atoms with Crippen LogP contribution in [0.4, 0.5) is 4.39 Å². The molecule has 0 radical (unpaired) electrons. The van der Waals surface area contributed by atoms with Gasteiger partial charge >= 0.3 is 0 Å². The van der Waals surface area contributed by atoms with E-state index in [0.717, 1.165) is 25.3 Å². The molecule has 110 valence electrons. The zero-order chi connectivity index (χ0) is 14.8. The van der Waals surface area contributed by atoms with E-state index in [4.69, 9.17) is 0 Å². The van der Waals surface area contributed by atoms with Crippen molar-refractivity contribution in [1.82, 2.24) is 4.90 Å². The molecule has 1 saturated heterocycles. The van der Waals surface area contributed by atoms with Gasteiger partial charge in [-0.25, -0.2) is 12.8 Å². The molecule has 4 nitrogen and oxygen atoms in total. The number of benzene rings is 1. The number of nitrogens with zero attached hydrogens (tertiary/aromatic N) is 1. The molecule has 1 atom stereocenters. The molecule has 1 amide bonds. The number of piperidine rings is 1. The Morgan fingerprint density at radius 2 is 1.90 bits per heavy atom. The maximum Gasteiger partial charge on any atom is 0.241 e. The molecule has 0 bridgehead atoms. The summed E-state index contributed by atoms with van der Waals surface area (Å²) in [7, 11) is -3.84. The first-order valence-corrected chi connectivity index (χ1v) is 8.26. The number of halogens is 1. The maximum absolute atomic E-state index is 13.2. The van der Waals surface area contributed by atoms with Gasteiger partial charge in [0.05, 0.1) is 4.90 Å². The van der Waals surface area contributed by atoms with Gasteiger partial charge in [0.1, 0.15) is 11.1 Å². The molecule has 1 unspecified atom stereocenters.